The molecule has 0 radical (unpaired) electrons. The normalized spacial score (nSPS) is 21.5. The summed E-state index contributed by atoms with van der Waals surface area (Å²) < 4.78 is 0. The van der Waals surface area contributed by atoms with Crippen molar-refractivity contribution >= 4 is 0 Å². The summed E-state index contributed by atoms with van der Waals surface area (Å²) in [5.74, 6) is 0. The van der Waals surface area contributed by atoms with Gasteiger partial charge in [-0.25, -0.2) is 4.89 Å². The van der Waals surface area contributed by atoms with Crippen LogP contribution in [0.5, 0.6) is 0 Å². The third-order valence-electron chi connectivity index (χ3n) is 2.36. The average molecular weight is 174 g/mol. The van der Waals surface area contributed by atoms with Crippen LogP contribution in [0.25, 0.3) is 0 Å². The number of hydrogen-bond acceptors (Lipinski definition) is 4. The molecular formula is C8H18N2O2. The fourth-order valence-corrected chi connectivity index (χ4v) is 1.51. The van der Waals surface area contributed by atoms with Crippen molar-refractivity contribution in [3.63, 3.8) is 0 Å². The van der Waals surface area contributed by atoms with Gasteiger partial charge >= 0.3 is 0 Å². The van der Waals surface area contributed by atoms with E-state index >= 15 is 0 Å². The zero-order valence-corrected chi connectivity index (χ0v) is 7.62. The summed E-state index contributed by atoms with van der Waals surface area (Å²) >= 11 is 0. The number of rotatable bonds is 4. The van der Waals surface area contributed by atoms with Gasteiger partial charge < -0.3 is 10.2 Å². The van der Waals surface area contributed by atoms with Gasteiger partial charge in [-0.2, -0.15) is 0 Å². The van der Waals surface area contributed by atoms with Gasteiger partial charge in [0.25, 0.3) is 0 Å². The molecule has 72 valence electrons. The van der Waals surface area contributed by atoms with Crippen molar-refractivity contribution in [1.29, 1.82) is 0 Å². The molecule has 0 atom stereocenters. The first kappa shape index (κ1) is 9.92. The maximum absolute atomic E-state index is 8.42. The van der Waals surface area contributed by atoms with Crippen molar-refractivity contribution in [3.8, 4) is 0 Å². The van der Waals surface area contributed by atoms with Crippen molar-refractivity contribution in [2.75, 3.05) is 33.2 Å². The Morgan fingerprint density at radius 3 is 2.67 bits per heavy atom. The summed E-state index contributed by atoms with van der Waals surface area (Å²) in [5.41, 5.74) is 0. The molecule has 0 aromatic rings. The first-order chi connectivity index (χ1) is 5.86. The molecule has 12 heavy (non-hydrogen) atoms. The minimum absolute atomic E-state index is 0.0656. The number of likely N-dealkylation sites (tertiary alicyclic amines) is 1. The van der Waals surface area contributed by atoms with Crippen LogP contribution in [0.3, 0.4) is 0 Å². The highest BCUT2D eigenvalue weighted by Crippen LogP contribution is 2.11. The summed E-state index contributed by atoms with van der Waals surface area (Å²) in [6.07, 6.45) is 1.95. The summed E-state index contributed by atoms with van der Waals surface area (Å²) in [7, 11) is 1.96. The molecule has 1 aliphatic rings. The number of nitrogens with zero attached hydrogens (tertiary/aromatic N) is 1. The largest absolute Gasteiger partial charge is 0.318 e. The SMILES string of the molecule is CNCCN1CCC(OO)CC1. The molecular weight excluding hydrogens is 156 g/mol. The lowest BCUT2D eigenvalue weighted by molar-refractivity contribution is -0.285. The number of piperidine rings is 1. The third-order valence-corrected chi connectivity index (χ3v) is 2.36. The van der Waals surface area contributed by atoms with Gasteiger partial charge in [-0.3, -0.25) is 5.26 Å². The molecule has 0 aromatic carbocycles. The molecule has 1 aliphatic heterocycles. The Morgan fingerprint density at radius 2 is 2.17 bits per heavy atom. The first-order valence-corrected chi connectivity index (χ1v) is 4.54. The number of nitrogens with one attached hydrogen (secondary N) is 1. The third kappa shape index (κ3) is 3.06. The lowest BCUT2D eigenvalue weighted by atomic mass is 10.1. The highest BCUT2D eigenvalue weighted by Gasteiger charge is 2.18. The van der Waals surface area contributed by atoms with E-state index in [2.05, 4.69) is 15.1 Å². The molecule has 1 fully saturated rings. The second-order valence-corrected chi connectivity index (χ2v) is 3.25. The van der Waals surface area contributed by atoms with Gasteiger partial charge in [-0.15, -0.1) is 0 Å². The summed E-state index contributed by atoms with van der Waals surface area (Å²) in [6.45, 7) is 4.19. The van der Waals surface area contributed by atoms with Gasteiger partial charge in [0.05, 0.1) is 6.10 Å². The second-order valence-electron chi connectivity index (χ2n) is 3.25. The van der Waals surface area contributed by atoms with Gasteiger partial charge in [0.1, 0.15) is 0 Å². The smallest absolute Gasteiger partial charge is 0.0951 e. The molecule has 0 saturated carbocycles. The van der Waals surface area contributed by atoms with E-state index in [1.165, 1.54) is 0 Å². The van der Waals surface area contributed by atoms with E-state index in [1.54, 1.807) is 0 Å². The van der Waals surface area contributed by atoms with Gasteiger partial charge in [0, 0.05) is 26.2 Å². The van der Waals surface area contributed by atoms with Crippen LogP contribution in [0.2, 0.25) is 0 Å². The van der Waals surface area contributed by atoms with Crippen LogP contribution in [0, 0.1) is 0 Å². The quantitative estimate of drug-likeness (QED) is 0.471. The zero-order chi connectivity index (χ0) is 8.81. The van der Waals surface area contributed by atoms with E-state index in [0.717, 1.165) is 39.0 Å². The fourth-order valence-electron chi connectivity index (χ4n) is 1.51. The van der Waals surface area contributed by atoms with Gasteiger partial charge in [0.2, 0.25) is 0 Å². The molecule has 0 bridgehead atoms. The molecule has 1 rings (SSSR count). The molecule has 1 heterocycles. The Bertz CT molecular complexity index is 114. The standard InChI is InChI=1S/C8H18N2O2/c1-9-4-7-10-5-2-8(12-11)3-6-10/h8-9,11H,2-7H2,1H3. The van der Waals surface area contributed by atoms with Crippen LogP contribution >= 0.6 is 0 Å². The Hall–Kier alpha value is -0.160. The Labute approximate surface area is 73.4 Å². The zero-order valence-electron chi connectivity index (χ0n) is 7.62. The van der Waals surface area contributed by atoms with Gasteiger partial charge in [-0.1, -0.05) is 0 Å². The molecule has 0 amide bonds. The molecule has 2 N–H and O–H groups in total. The van der Waals surface area contributed by atoms with E-state index in [9.17, 15) is 0 Å². The van der Waals surface area contributed by atoms with Crippen molar-refractivity contribution in [3.05, 3.63) is 0 Å². The van der Waals surface area contributed by atoms with Crippen molar-refractivity contribution in [1.82, 2.24) is 10.2 Å². The maximum atomic E-state index is 8.42. The van der Waals surface area contributed by atoms with Gasteiger partial charge in [0.15, 0.2) is 0 Å². The fraction of sp³-hybridized carbons (Fsp3) is 1.00. The molecule has 0 aromatic heterocycles. The molecule has 4 heteroatoms. The van der Waals surface area contributed by atoms with E-state index in [-0.39, 0.29) is 6.10 Å². The molecule has 1 saturated heterocycles. The first-order valence-electron chi connectivity index (χ1n) is 4.54. The second kappa shape index (κ2) is 5.48. The van der Waals surface area contributed by atoms with Crippen LogP contribution in [-0.2, 0) is 4.89 Å². The summed E-state index contributed by atoms with van der Waals surface area (Å²) in [6, 6.07) is 0. The van der Waals surface area contributed by atoms with Crippen LogP contribution in [0.4, 0.5) is 0 Å². The Kier molecular flexibility index (Phi) is 4.53. The van der Waals surface area contributed by atoms with Crippen molar-refractivity contribution in [2.24, 2.45) is 0 Å². The lowest BCUT2D eigenvalue weighted by Gasteiger charge is -2.29. The van der Waals surface area contributed by atoms with Crippen molar-refractivity contribution in [2.45, 2.75) is 18.9 Å². The lowest BCUT2D eigenvalue weighted by Crippen LogP contribution is -2.39. The van der Waals surface area contributed by atoms with Crippen LogP contribution < -0.4 is 5.32 Å². The summed E-state index contributed by atoms with van der Waals surface area (Å²) in [4.78, 5) is 6.68. The van der Waals surface area contributed by atoms with E-state index < -0.39 is 0 Å². The predicted molar refractivity (Wildman–Crippen MR) is 47.1 cm³/mol. The average Bonchev–Trinajstić information content (AvgIpc) is 2.15. The Balaban J connectivity index is 2.09. The topological polar surface area (TPSA) is 44.7 Å². The molecule has 0 spiro atoms. The molecule has 0 aliphatic carbocycles. The summed E-state index contributed by atoms with van der Waals surface area (Å²) in [5, 5.41) is 11.5. The van der Waals surface area contributed by atoms with Crippen LogP contribution in [-0.4, -0.2) is 49.5 Å². The van der Waals surface area contributed by atoms with Gasteiger partial charge in [-0.05, 0) is 19.9 Å². The monoisotopic (exact) mass is 174 g/mol. The highest BCUT2D eigenvalue weighted by atomic mass is 17.1. The maximum Gasteiger partial charge on any atom is 0.0951 e. The number of hydrogen-bond donors (Lipinski definition) is 2. The predicted octanol–water partition coefficient (Wildman–Crippen LogP) is 0.160. The van der Waals surface area contributed by atoms with E-state index in [0.29, 0.717) is 0 Å². The van der Waals surface area contributed by atoms with E-state index in [1.807, 2.05) is 7.05 Å². The van der Waals surface area contributed by atoms with E-state index in [4.69, 9.17) is 5.26 Å². The minimum Gasteiger partial charge on any atom is -0.318 e. The Morgan fingerprint density at radius 1 is 1.50 bits per heavy atom. The van der Waals surface area contributed by atoms with Crippen LogP contribution in [0.15, 0.2) is 0 Å². The number of likely N-dealkylation sites (N-methyl/N-ethyl adjacent to an activating group) is 1. The minimum atomic E-state index is 0.0656. The van der Waals surface area contributed by atoms with Crippen LogP contribution in [0.1, 0.15) is 12.8 Å². The highest BCUT2D eigenvalue weighted by molar-refractivity contribution is 4.71. The van der Waals surface area contributed by atoms with Crippen molar-refractivity contribution < 1.29 is 10.1 Å². The molecule has 0 unspecified atom stereocenters. The molecule has 4 nitrogen and oxygen atoms in total.